The molecule has 0 fully saturated rings. The molecule has 0 atom stereocenters. The van der Waals surface area contributed by atoms with Crippen molar-refractivity contribution in [2.75, 3.05) is 17.6 Å². The number of ether oxygens (including phenoxy) is 1. The van der Waals surface area contributed by atoms with E-state index in [4.69, 9.17) is 4.74 Å². The van der Waals surface area contributed by atoms with E-state index in [1.54, 1.807) is 19.1 Å². The molecule has 1 aromatic carbocycles. The van der Waals surface area contributed by atoms with E-state index in [1.165, 1.54) is 0 Å². The first-order chi connectivity index (χ1) is 9.90. The van der Waals surface area contributed by atoms with E-state index in [9.17, 15) is 13.2 Å². The number of thiazole rings is 1. The van der Waals surface area contributed by atoms with E-state index >= 15 is 0 Å². The third kappa shape index (κ3) is 4.02. The lowest BCUT2D eigenvalue weighted by molar-refractivity contribution is 0.0532. The molecule has 0 saturated heterocycles. The molecule has 0 radical (unpaired) electrons. The Morgan fingerprint density at radius 2 is 2.00 bits per heavy atom. The van der Waals surface area contributed by atoms with Crippen molar-refractivity contribution in [2.45, 2.75) is 6.92 Å². The van der Waals surface area contributed by atoms with Gasteiger partial charge in [0.15, 0.2) is 5.13 Å². The predicted molar refractivity (Wildman–Crippen MR) is 82.0 cm³/mol. The van der Waals surface area contributed by atoms with E-state index in [0.717, 1.165) is 23.2 Å². The fourth-order valence-corrected chi connectivity index (χ4v) is 3.37. The zero-order valence-electron chi connectivity index (χ0n) is 11.5. The predicted octanol–water partition coefficient (Wildman–Crippen LogP) is 2.36. The van der Waals surface area contributed by atoms with Gasteiger partial charge in [0.25, 0.3) is 0 Å². The molecule has 6 nitrogen and oxygen atoms in total. The minimum atomic E-state index is -3.45. The third-order valence-corrected chi connectivity index (χ3v) is 4.05. The van der Waals surface area contributed by atoms with Gasteiger partial charge in [-0.2, -0.15) is 0 Å². The largest absolute Gasteiger partial charge is 0.462 e. The molecule has 0 bridgehead atoms. The summed E-state index contributed by atoms with van der Waals surface area (Å²) in [7, 11) is -3.45. The highest BCUT2D eigenvalue weighted by Gasteiger charge is 2.21. The first kappa shape index (κ1) is 15.5. The summed E-state index contributed by atoms with van der Waals surface area (Å²) >= 11 is 0.953. The summed E-state index contributed by atoms with van der Waals surface area (Å²) in [6.45, 7) is 1.94. The first-order valence-corrected chi connectivity index (χ1v) is 8.82. The quantitative estimate of drug-likeness (QED) is 0.853. The van der Waals surface area contributed by atoms with Crippen LogP contribution in [0.25, 0.3) is 11.3 Å². The molecule has 0 aliphatic carbocycles. The van der Waals surface area contributed by atoms with Gasteiger partial charge < -0.3 is 4.74 Å². The lowest BCUT2D eigenvalue weighted by atomic mass is 10.1. The second kappa shape index (κ2) is 6.23. The lowest BCUT2D eigenvalue weighted by Crippen LogP contribution is -2.09. The highest BCUT2D eigenvalue weighted by Crippen LogP contribution is 2.32. The number of hydrogen-bond donors (Lipinski definition) is 1. The van der Waals surface area contributed by atoms with Crippen LogP contribution in [0.3, 0.4) is 0 Å². The fourth-order valence-electron chi connectivity index (χ4n) is 1.65. The van der Waals surface area contributed by atoms with E-state index in [2.05, 4.69) is 9.71 Å². The normalized spacial score (nSPS) is 11.1. The number of carbonyl (C=O) groups is 1. The van der Waals surface area contributed by atoms with Crippen molar-refractivity contribution in [1.82, 2.24) is 4.98 Å². The second-order valence-electron chi connectivity index (χ2n) is 4.16. The SMILES string of the molecule is CCOC(=O)c1sc(NS(C)(=O)=O)nc1-c1ccccc1. The minimum absolute atomic E-state index is 0.138. The summed E-state index contributed by atoms with van der Waals surface area (Å²) < 4.78 is 29.9. The van der Waals surface area contributed by atoms with E-state index in [-0.39, 0.29) is 16.6 Å². The summed E-state index contributed by atoms with van der Waals surface area (Å²) in [5.41, 5.74) is 1.13. The van der Waals surface area contributed by atoms with Crippen LogP contribution in [0.15, 0.2) is 30.3 Å². The molecular weight excluding hydrogens is 312 g/mol. The van der Waals surface area contributed by atoms with E-state index in [0.29, 0.717) is 5.69 Å². The average Bonchev–Trinajstić information content (AvgIpc) is 2.82. The number of hydrogen-bond acceptors (Lipinski definition) is 6. The Bertz CT molecular complexity index is 739. The molecule has 21 heavy (non-hydrogen) atoms. The van der Waals surface area contributed by atoms with Gasteiger partial charge in [0.2, 0.25) is 10.0 Å². The molecule has 2 rings (SSSR count). The monoisotopic (exact) mass is 326 g/mol. The number of esters is 1. The third-order valence-electron chi connectivity index (χ3n) is 2.41. The topological polar surface area (TPSA) is 85.4 Å². The summed E-state index contributed by atoms with van der Waals surface area (Å²) in [4.78, 5) is 16.5. The van der Waals surface area contributed by atoms with Crippen LogP contribution in [-0.2, 0) is 14.8 Å². The molecule has 0 aliphatic rings. The molecule has 0 aliphatic heterocycles. The molecule has 1 N–H and O–H groups in total. The van der Waals surface area contributed by atoms with E-state index in [1.807, 2.05) is 18.2 Å². The van der Waals surface area contributed by atoms with Crippen LogP contribution < -0.4 is 4.72 Å². The van der Waals surface area contributed by atoms with Crippen LogP contribution in [0, 0.1) is 0 Å². The van der Waals surface area contributed by atoms with Gasteiger partial charge in [-0.1, -0.05) is 41.7 Å². The van der Waals surface area contributed by atoms with Crippen LogP contribution in [0.5, 0.6) is 0 Å². The van der Waals surface area contributed by atoms with E-state index < -0.39 is 16.0 Å². The maximum atomic E-state index is 12.0. The maximum absolute atomic E-state index is 12.0. The number of anilines is 1. The smallest absolute Gasteiger partial charge is 0.350 e. The fraction of sp³-hybridized carbons (Fsp3) is 0.231. The number of carbonyl (C=O) groups excluding carboxylic acids is 1. The van der Waals surface area contributed by atoms with Crippen LogP contribution in [0.1, 0.15) is 16.6 Å². The van der Waals surface area contributed by atoms with Crippen LogP contribution in [0.2, 0.25) is 0 Å². The molecule has 0 amide bonds. The molecule has 8 heteroatoms. The molecular formula is C13H14N2O4S2. The van der Waals surface area contributed by atoms with Crippen molar-refractivity contribution in [2.24, 2.45) is 0 Å². The van der Waals surface area contributed by atoms with Gasteiger partial charge in [0.05, 0.1) is 18.6 Å². The molecule has 1 heterocycles. The van der Waals surface area contributed by atoms with Gasteiger partial charge in [0, 0.05) is 5.56 Å². The number of nitrogens with one attached hydrogen (secondary N) is 1. The Hall–Kier alpha value is -1.93. The second-order valence-corrected chi connectivity index (χ2v) is 6.90. The first-order valence-electron chi connectivity index (χ1n) is 6.12. The van der Waals surface area contributed by atoms with Gasteiger partial charge in [-0.05, 0) is 6.92 Å². The van der Waals surface area contributed by atoms with Crippen molar-refractivity contribution in [3.8, 4) is 11.3 Å². The van der Waals surface area contributed by atoms with Crippen LogP contribution in [-0.4, -0.2) is 32.2 Å². The van der Waals surface area contributed by atoms with Crippen LogP contribution in [0.4, 0.5) is 5.13 Å². The Morgan fingerprint density at radius 1 is 1.33 bits per heavy atom. The van der Waals surface area contributed by atoms with Crippen molar-refractivity contribution < 1.29 is 17.9 Å². The zero-order valence-corrected chi connectivity index (χ0v) is 13.1. The number of benzene rings is 1. The number of nitrogens with zero attached hydrogens (tertiary/aromatic N) is 1. The van der Waals surface area contributed by atoms with Gasteiger partial charge >= 0.3 is 5.97 Å². The Labute approximate surface area is 126 Å². The van der Waals surface area contributed by atoms with Crippen molar-refractivity contribution in [3.05, 3.63) is 35.2 Å². The summed E-state index contributed by atoms with van der Waals surface area (Å²) in [6.07, 6.45) is 1.03. The Kier molecular flexibility index (Phi) is 4.59. The molecule has 0 unspecified atom stereocenters. The highest BCUT2D eigenvalue weighted by atomic mass is 32.2. The number of aromatic nitrogens is 1. The lowest BCUT2D eigenvalue weighted by Gasteiger charge is -2.01. The minimum Gasteiger partial charge on any atom is -0.462 e. The Morgan fingerprint density at radius 3 is 2.57 bits per heavy atom. The molecule has 2 aromatic rings. The van der Waals surface area contributed by atoms with Gasteiger partial charge in [-0.3, -0.25) is 4.72 Å². The molecule has 0 spiro atoms. The zero-order chi connectivity index (χ0) is 15.5. The van der Waals surface area contributed by atoms with Crippen molar-refractivity contribution in [3.63, 3.8) is 0 Å². The van der Waals surface area contributed by atoms with Crippen LogP contribution >= 0.6 is 11.3 Å². The van der Waals surface area contributed by atoms with Gasteiger partial charge in [-0.25, -0.2) is 18.2 Å². The number of rotatable bonds is 5. The standard InChI is InChI=1S/C13H14N2O4S2/c1-3-19-12(16)11-10(9-7-5-4-6-8-9)14-13(20-11)15-21(2,17)18/h4-8H,3H2,1-2H3,(H,14,15). The summed E-state index contributed by atoms with van der Waals surface area (Å²) in [6, 6.07) is 9.06. The summed E-state index contributed by atoms with van der Waals surface area (Å²) in [5, 5.41) is 0.138. The van der Waals surface area contributed by atoms with Crippen molar-refractivity contribution >= 4 is 32.5 Å². The molecule has 112 valence electrons. The highest BCUT2D eigenvalue weighted by molar-refractivity contribution is 7.92. The Balaban J connectivity index is 2.48. The molecule has 1 aromatic heterocycles. The van der Waals surface area contributed by atoms with Gasteiger partial charge in [0.1, 0.15) is 4.88 Å². The average molecular weight is 326 g/mol. The number of sulfonamides is 1. The maximum Gasteiger partial charge on any atom is 0.350 e. The van der Waals surface area contributed by atoms with Gasteiger partial charge in [-0.15, -0.1) is 0 Å². The summed E-state index contributed by atoms with van der Waals surface area (Å²) in [5.74, 6) is -0.518. The van der Waals surface area contributed by atoms with Crippen molar-refractivity contribution in [1.29, 1.82) is 0 Å². The molecule has 0 saturated carbocycles.